The summed E-state index contributed by atoms with van der Waals surface area (Å²) in [5, 5.41) is 7.27. The summed E-state index contributed by atoms with van der Waals surface area (Å²) in [5.41, 5.74) is 0.974. The third-order valence-electron chi connectivity index (χ3n) is 3.69. The van der Waals surface area contributed by atoms with Gasteiger partial charge >= 0.3 is 0 Å². The van der Waals surface area contributed by atoms with Gasteiger partial charge in [-0.3, -0.25) is 0 Å². The van der Waals surface area contributed by atoms with Crippen molar-refractivity contribution in [1.29, 1.82) is 0 Å². The molecule has 0 saturated heterocycles. The maximum atomic E-state index is 6.31. The van der Waals surface area contributed by atoms with Gasteiger partial charge in [-0.2, -0.15) is 0 Å². The van der Waals surface area contributed by atoms with Crippen molar-refractivity contribution < 1.29 is 9.47 Å². The summed E-state index contributed by atoms with van der Waals surface area (Å²) in [7, 11) is 1.61. The summed E-state index contributed by atoms with van der Waals surface area (Å²) in [6.45, 7) is 5.84. The van der Waals surface area contributed by atoms with E-state index < -0.39 is 0 Å². The van der Waals surface area contributed by atoms with Gasteiger partial charge in [-0.1, -0.05) is 23.8 Å². The summed E-state index contributed by atoms with van der Waals surface area (Å²) in [6.07, 6.45) is 6.46. The minimum atomic E-state index is 0.418. The van der Waals surface area contributed by atoms with E-state index in [-0.39, 0.29) is 0 Å². The van der Waals surface area contributed by atoms with Gasteiger partial charge in [-0.05, 0) is 44.4 Å². The lowest BCUT2D eigenvalue weighted by Gasteiger charge is -2.17. The van der Waals surface area contributed by atoms with Crippen LogP contribution in [0, 0.1) is 0 Å². The van der Waals surface area contributed by atoms with Crippen LogP contribution < -0.4 is 20.1 Å². The van der Waals surface area contributed by atoms with E-state index in [1.54, 1.807) is 7.11 Å². The Morgan fingerprint density at radius 3 is 2.67 bits per heavy atom. The topological polar surface area (TPSA) is 54.9 Å². The molecule has 0 aromatic heterocycles. The number of hydrogen-bond donors (Lipinski definition) is 2. The van der Waals surface area contributed by atoms with Crippen molar-refractivity contribution in [3.63, 3.8) is 0 Å². The molecule has 24 heavy (non-hydrogen) atoms. The van der Waals surface area contributed by atoms with Crippen LogP contribution in [0.15, 0.2) is 29.3 Å². The molecule has 132 valence electrons. The summed E-state index contributed by atoms with van der Waals surface area (Å²) in [5.74, 6) is 2.03. The highest BCUT2D eigenvalue weighted by molar-refractivity contribution is 6.32. The molecule has 2 rings (SSSR count). The number of ether oxygens (including phenoxy) is 2. The van der Waals surface area contributed by atoms with Gasteiger partial charge in [0.2, 0.25) is 0 Å². The molecule has 6 heteroatoms. The van der Waals surface area contributed by atoms with Gasteiger partial charge in [0.15, 0.2) is 17.5 Å². The number of nitrogens with one attached hydrogen (secondary N) is 2. The van der Waals surface area contributed by atoms with Crippen LogP contribution in [0.4, 0.5) is 0 Å². The normalized spacial score (nSPS) is 14.8. The molecular formula is C18H26ClN3O2. The lowest BCUT2D eigenvalue weighted by atomic mass is 10.2. The molecule has 1 aliphatic rings. The molecule has 1 aromatic carbocycles. The minimum Gasteiger partial charge on any atom is -0.493 e. The van der Waals surface area contributed by atoms with Crippen molar-refractivity contribution in [1.82, 2.24) is 10.6 Å². The van der Waals surface area contributed by atoms with Gasteiger partial charge in [0.05, 0.1) is 25.3 Å². The van der Waals surface area contributed by atoms with Crippen molar-refractivity contribution in [3.05, 3.63) is 34.9 Å². The summed E-state index contributed by atoms with van der Waals surface area (Å²) in [6, 6.07) is 4.21. The number of aliphatic imine (C=N–C) groups is 1. The predicted molar refractivity (Wildman–Crippen MR) is 99.3 cm³/mol. The molecule has 0 heterocycles. The minimum absolute atomic E-state index is 0.418. The third-order valence-corrected chi connectivity index (χ3v) is 3.97. The number of halogens is 1. The van der Waals surface area contributed by atoms with Crippen molar-refractivity contribution in [2.45, 2.75) is 39.3 Å². The Balaban J connectivity index is 2.10. The van der Waals surface area contributed by atoms with Crippen LogP contribution in [0.5, 0.6) is 11.5 Å². The summed E-state index contributed by atoms with van der Waals surface area (Å²) < 4.78 is 10.9. The Hall–Kier alpha value is -1.88. The Morgan fingerprint density at radius 1 is 1.29 bits per heavy atom. The first-order valence-electron chi connectivity index (χ1n) is 8.37. The second-order valence-corrected chi connectivity index (χ2v) is 5.93. The Labute approximate surface area is 149 Å². The van der Waals surface area contributed by atoms with Gasteiger partial charge in [0.1, 0.15) is 0 Å². The van der Waals surface area contributed by atoms with Gasteiger partial charge in [0, 0.05) is 12.6 Å². The second kappa shape index (κ2) is 9.42. The van der Waals surface area contributed by atoms with Crippen LogP contribution in [0.3, 0.4) is 0 Å². The maximum absolute atomic E-state index is 6.31. The molecule has 2 N–H and O–H groups in total. The molecule has 0 radical (unpaired) electrons. The maximum Gasteiger partial charge on any atom is 0.191 e. The molecule has 0 unspecified atom stereocenters. The van der Waals surface area contributed by atoms with Crippen LogP contribution in [-0.4, -0.2) is 32.3 Å². The third kappa shape index (κ3) is 5.06. The van der Waals surface area contributed by atoms with E-state index in [1.807, 2.05) is 19.1 Å². The van der Waals surface area contributed by atoms with E-state index in [0.717, 1.165) is 30.9 Å². The fourth-order valence-electron chi connectivity index (χ4n) is 2.57. The zero-order valence-corrected chi connectivity index (χ0v) is 15.3. The zero-order chi connectivity index (χ0) is 17.4. The number of nitrogens with zero attached hydrogens (tertiary/aromatic N) is 1. The van der Waals surface area contributed by atoms with Crippen LogP contribution >= 0.6 is 11.6 Å². The summed E-state index contributed by atoms with van der Waals surface area (Å²) in [4.78, 5) is 4.65. The van der Waals surface area contributed by atoms with Gasteiger partial charge in [-0.25, -0.2) is 4.99 Å². The average molecular weight is 352 g/mol. The van der Waals surface area contributed by atoms with Crippen LogP contribution in [-0.2, 0) is 6.54 Å². The monoisotopic (exact) mass is 351 g/mol. The molecule has 0 bridgehead atoms. The highest BCUT2D eigenvalue weighted by Crippen LogP contribution is 2.36. The van der Waals surface area contributed by atoms with Gasteiger partial charge < -0.3 is 20.1 Å². The molecule has 0 fully saturated rings. The average Bonchev–Trinajstić information content (AvgIpc) is 3.08. The van der Waals surface area contributed by atoms with Gasteiger partial charge in [0.25, 0.3) is 0 Å². The number of hydrogen-bond acceptors (Lipinski definition) is 3. The Bertz CT molecular complexity index is 594. The fraction of sp³-hybridized carbons (Fsp3) is 0.500. The first kappa shape index (κ1) is 18.5. The van der Waals surface area contributed by atoms with Crippen LogP contribution in [0.1, 0.15) is 32.3 Å². The number of methoxy groups -OCH3 is 1. The fourth-order valence-corrected chi connectivity index (χ4v) is 2.86. The standard InChI is InChI=1S/C18H26ClN3O2/c1-4-20-18(22-14-8-6-7-9-14)21-12-13-10-15(19)17(24-5-2)16(11-13)23-3/h6-7,10-11,14H,4-5,8-9,12H2,1-3H3,(H2,20,21,22). The zero-order valence-electron chi connectivity index (χ0n) is 14.6. The first-order valence-corrected chi connectivity index (χ1v) is 8.74. The quantitative estimate of drug-likeness (QED) is 0.448. The molecule has 1 aromatic rings. The SMILES string of the molecule is CCNC(=NCc1cc(Cl)c(OCC)c(OC)c1)NC1CC=CC1. The molecule has 0 amide bonds. The molecule has 5 nitrogen and oxygen atoms in total. The highest BCUT2D eigenvalue weighted by atomic mass is 35.5. The molecular weight excluding hydrogens is 326 g/mol. The second-order valence-electron chi connectivity index (χ2n) is 5.52. The highest BCUT2D eigenvalue weighted by Gasteiger charge is 2.13. The van der Waals surface area contributed by atoms with E-state index in [9.17, 15) is 0 Å². The molecule has 0 spiro atoms. The Morgan fingerprint density at radius 2 is 2.04 bits per heavy atom. The largest absolute Gasteiger partial charge is 0.493 e. The molecule has 0 atom stereocenters. The van der Waals surface area contributed by atoms with Crippen molar-refractivity contribution in [2.75, 3.05) is 20.3 Å². The Kier molecular flexibility index (Phi) is 7.25. The van der Waals surface area contributed by atoms with E-state index in [1.165, 1.54) is 0 Å². The van der Waals surface area contributed by atoms with Gasteiger partial charge in [-0.15, -0.1) is 0 Å². The number of guanidine groups is 1. The van der Waals surface area contributed by atoms with Crippen molar-refractivity contribution in [2.24, 2.45) is 4.99 Å². The van der Waals surface area contributed by atoms with E-state index in [4.69, 9.17) is 21.1 Å². The molecule has 0 saturated carbocycles. The molecule has 0 aliphatic heterocycles. The number of benzene rings is 1. The molecule has 1 aliphatic carbocycles. The predicted octanol–water partition coefficient (Wildman–Crippen LogP) is 3.52. The lowest BCUT2D eigenvalue weighted by Crippen LogP contribution is -2.42. The summed E-state index contributed by atoms with van der Waals surface area (Å²) >= 11 is 6.31. The smallest absolute Gasteiger partial charge is 0.191 e. The first-order chi connectivity index (χ1) is 11.7. The van der Waals surface area contributed by atoms with Crippen LogP contribution in [0.2, 0.25) is 5.02 Å². The number of rotatable bonds is 7. The van der Waals surface area contributed by atoms with Crippen molar-refractivity contribution >= 4 is 17.6 Å². The van der Waals surface area contributed by atoms with Crippen molar-refractivity contribution in [3.8, 4) is 11.5 Å². The lowest BCUT2D eigenvalue weighted by molar-refractivity contribution is 0.311. The van der Waals surface area contributed by atoms with E-state index in [2.05, 4.69) is 34.7 Å². The van der Waals surface area contributed by atoms with E-state index in [0.29, 0.717) is 35.7 Å². The van der Waals surface area contributed by atoms with Crippen LogP contribution in [0.25, 0.3) is 0 Å². The van der Waals surface area contributed by atoms with E-state index >= 15 is 0 Å².